The SMILES string of the molecule is NC(=O)C=Cc1ccc2[nH]c3ccccc3c2c1. The molecule has 3 heteroatoms. The van der Waals surface area contributed by atoms with Crippen LogP contribution in [0.4, 0.5) is 0 Å². The Hall–Kier alpha value is -2.55. The van der Waals surface area contributed by atoms with Gasteiger partial charge in [0.1, 0.15) is 0 Å². The minimum absolute atomic E-state index is 0.436. The van der Waals surface area contributed by atoms with Gasteiger partial charge in [0.25, 0.3) is 0 Å². The predicted molar refractivity (Wildman–Crippen MR) is 74.0 cm³/mol. The van der Waals surface area contributed by atoms with Crippen molar-refractivity contribution < 1.29 is 4.79 Å². The van der Waals surface area contributed by atoms with E-state index >= 15 is 0 Å². The van der Waals surface area contributed by atoms with Crippen molar-refractivity contribution in [2.45, 2.75) is 0 Å². The van der Waals surface area contributed by atoms with Crippen molar-refractivity contribution >= 4 is 33.8 Å². The van der Waals surface area contributed by atoms with Gasteiger partial charge in [-0.1, -0.05) is 24.3 Å². The van der Waals surface area contributed by atoms with E-state index in [1.807, 2.05) is 36.4 Å². The Balaban J connectivity index is 2.21. The maximum atomic E-state index is 10.7. The molecule has 0 saturated heterocycles. The van der Waals surface area contributed by atoms with Gasteiger partial charge in [-0.2, -0.15) is 0 Å². The maximum absolute atomic E-state index is 10.7. The number of amides is 1. The summed E-state index contributed by atoms with van der Waals surface area (Å²) in [6.07, 6.45) is 3.10. The molecule has 1 amide bonds. The zero-order valence-electron chi connectivity index (χ0n) is 9.68. The van der Waals surface area contributed by atoms with Crippen molar-refractivity contribution in [3.63, 3.8) is 0 Å². The highest BCUT2D eigenvalue weighted by molar-refractivity contribution is 6.07. The van der Waals surface area contributed by atoms with Gasteiger partial charge in [-0.05, 0) is 29.8 Å². The molecule has 0 atom stereocenters. The standard InChI is InChI=1S/C15H12N2O/c16-15(18)8-6-10-5-7-14-12(9-10)11-3-1-2-4-13(11)17-14/h1-9,17H,(H2,16,18). The van der Waals surface area contributed by atoms with Crippen molar-refractivity contribution in [2.24, 2.45) is 5.73 Å². The van der Waals surface area contributed by atoms with E-state index in [2.05, 4.69) is 11.1 Å². The Morgan fingerprint density at radius 1 is 1.06 bits per heavy atom. The second kappa shape index (κ2) is 4.04. The molecule has 0 aliphatic rings. The molecule has 1 aromatic heterocycles. The van der Waals surface area contributed by atoms with E-state index in [0.29, 0.717) is 0 Å². The van der Waals surface area contributed by atoms with Gasteiger partial charge in [0.05, 0.1) is 0 Å². The molecule has 0 unspecified atom stereocenters. The first-order valence-corrected chi connectivity index (χ1v) is 5.72. The Bertz CT molecular complexity index is 768. The quantitative estimate of drug-likeness (QED) is 0.660. The molecule has 88 valence electrons. The molecule has 0 bridgehead atoms. The lowest BCUT2D eigenvalue weighted by Gasteiger charge is -1.94. The average molecular weight is 236 g/mol. The van der Waals surface area contributed by atoms with Gasteiger partial charge in [-0.3, -0.25) is 4.79 Å². The van der Waals surface area contributed by atoms with E-state index in [-0.39, 0.29) is 0 Å². The molecule has 0 spiro atoms. The third kappa shape index (κ3) is 1.76. The summed E-state index contributed by atoms with van der Waals surface area (Å²) in [6, 6.07) is 14.2. The van der Waals surface area contributed by atoms with Gasteiger partial charge < -0.3 is 10.7 Å². The molecule has 18 heavy (non-hydrogen) atoms. The number of fused-ring (bicyclic) bond motifs is 3. The monoisotopic (exact) mass is 236 g/mol. The summed E-state index contributed by atoms with van der Waals surface area (Å²) in [5, 5.41) is 2.33. The number of H-pyrrole nitrogens is 1. The van der Waals surface area contributed by atoms with Gasteiger partial charge in [-0.25, -0.2) is 0 Å². The fourth-order valence-corrected chi connectivity index (χ4v) is 2.15. The van der Waals surface area contributed by atoms with E-state index < -0.39 is 5.91 Å². The highest BCUT2D eigenvalue weighted by atomic mass is 16.1. The van der Waals surface area contributed by atoms with E-state index in [1.165, 1.54) is 11.5 Å². The van der Waals surface area contributed by atoms with E-state index in [9.17, 15) is 4.79 Å². The second-order valence-electron chi connectivity index (χ2n) is 4.21. The number of primary amides is 1. The lowest BCUT2D eigenvalue weighted by Crippen LogP contribution is -2.04. The van der Waals surface area contributed by atoms with Crippen molar-refractivity contribution in [3.8, 4) is 0 Å². The fourth-order valence-electron chi connectivity index (χ4n) is 2.15. The van der Waals surface area contributed by atoms with Crippen LogP contribution in [0.1, 0.15) is 5.56 Å². The summed E-state index contributed by atoms with van der Waals surface area (Å²) in [7, 11) is 0. The topological polar surface area (TPSA) is 58.9 Å². The summed E-state index contributed by atoms with van der Waals surface area (Å²) < 4.78 is 0. The molecule has 0 radical (unpaired) electrons. The lowest BCUT2D eigenvalue weighted by atomic mass is 10.1. The van der Waals surface area contributed by atoms with Crippen LogP contribution in [-0.2, 0) is 4.79 Å². The van der Waals surface area contributed by atoms with Crippen LogP contribution >= 0.6 is 0 Å². The summed E-state index contributed by atoms with van der Waals surface area (Å²) in [5.74, 6) is -0.436. The Kier molecular flexibility index (Phi) is 2.38. The number of aromatic amines is 1. The summed E-state index contributed by atoms with van der Waals surface area (Å²) in [4.78, 5) is 14.1. The number of para-hydroxylation sites is 1. The number of aromatic nitrogens is 1. The van der Waals surface area contributed by atoms with Gasteiger partial charge in [0.15, 0.2) is 0 Å². The normalized spacial score (nSPS) is 11.6. The van der Waals surface area contributed by atoms with Crippen molar-refractivity contribution in [1.29, 1.82) is 0 Å². The molecule has 3 N–H and O–H groups in total. The van der Waals surface area contributed by atoms with Crippen LogP contribution in [-0.4, -0.2) is 10.9 Å². The van der Waals surface area contributed by atoms with Gasteiger partial charge in [0, 0.05) is 27.9 Å². The average Bonchev–Trinajstić information content (AvgIpc) is 2.74. The van der Waals surface area contributed by atoms with E-state index in [0.717, 1.165) is 22.0 Å². The largest absolute Gasteiger partial charge is 0.366 e. The number of carbonyl (C=O) groups excluding carboxylic acids is 1. The molecule has 3 aromatic rings. The van der Waals surface area contributed by atoms with Crippen LogP contribution in [0.5, 0.6) is 0 Å². The van der Waals surface area contributed by atoms with Crippen molar-refractivity contribution in [3.05, 3.63) is 54.1 Å². The molecule has 0 saturated carbocycles. The summed E-state index contributed by atoms with van der Waals surface area (Å²) in [6.45, 7) is 0. The fraction of sp³-hybridized carbons (Fsp3) is 0. The van der Waals surface area contributed by atoms with Gasteiger partial charge in [0.2, 0.25) is 5.91 Å². The molecule has 0 aliphatic carbocycles. The molecular weight excluding hydrogens is 224 g/mol. The first-order chi connectivity index (χ1) is 8.74. The highest BCUT2D eigenvalue weighted by Gasteiger charge is 2.03. The Morgan fingerprint density at radius 2 is 1.83 bits per heavy atom. The van der Waals surface area contributed by atoms with Crippen LogP contribution in [0.2, 0.25) is 0 Å². The maximum Gasteiger partial charge on any atom is 0.241 e. The zero-order valence-corrected chi connectivity index (χ0v) is 9.68. The van der Waals surface area contributed by atoms with Crippen LogP contribution in [0, 0.1) is 0 Å². The summed E-state index contributed by atoms with van der Waals surface area (Å²) in [5.41, 5.74) is 8.26. The number of rotatable bonds is 2. The van der Waals surface area contributed by atoms with Crippen LogP contribution in [0.3, 0.4) is 0 Å². The first-order valence-electron chi connectivity index (χ1n) is 5.72. The lowest BCUT2D eigenvalue weighted by molar-refractivity contribution is -0.113. The summed E-state index contributed by atoms with van der Waals surface area (Å²) >= 11 is 0. The number of nitrogens with one attached hydrogen (secondary N) is 1. The van der Waals surface area contributed by atoms with E-state index in [4.69, 9.17) is 5.73 Å². The minimum Gasteiger partial charge on any atom is -0.366 e. The third-order valence-electron chi connectivity index (χ3n) is 2.97. The van der Waals surface area contributed by atoms with Crippen molar-refractivity contribution in [1.82, 2.24) is 4.98 Å². The van der Waals surface area contributed by atoms with E-state index in [1.54, 1.807) is 6.08 Å². The molecular formula is C15H12N2O. The molecule has 3 rings (SSSR count). The number of hydrogen-bond acceptors (Lipinski definition) is 1. The number of nitrogens with two attached hydrogens (primary N) is 1. The zero-order chi connectivity index (χ0) is 12.5. The van der Waals surface area contributed by atoms with Crippen LogP contribution < -0.4 is 5.73 Å². The highest BCUT2D eigenvalue weighted by Crippen LogP contribution is 2.26. The Labute approximate surface area is 104 Å². The molecule has 2 aromatic carbocycles. The molecule has 3 nitrogen and oxygen atoms in total. The smallest absolute Gasteiger partial charge is 0.241 e. The number of benzene rings is 2. The minimum atomic E-state index is -0.436. The van der Waals surface area contributed by atoms with Gasteiger partial charge in [-0.15, -0.1) is 0 Å². The first kappa shape index (κ1) is 10.6. The predicted octanol–water partition coefficient (Wildman–Crippen LogP) is 2.82. The van der Waals surface area contributed by atoms with Crippen LogP contribution in [0.15, 0.2) is 48.5 Å². The van der Waals surface area contributed by atoms with Crippen LogP contribution in [0.25, 0.3) is 27.9 Å². The second-order valence-corrected chi connectivity index (χ2v) is 4.21. The van der Waals surface area contributed by atoms with Crippen molar-refractivity contribution in [2.75, 3.05) is 0 Å². The van der Waals surface area contributed by atoms with Gasteiger partial charge >= 0.3 is 0 Å². The number of hydrogen-bond donors (Lipinski definition) is 2. The molecule has 0 aliphatic heterocycles. The Morgan fingerprint density at radius 3 is 2.67 bits per heavy atom. The molecule has 1 heterocycles. The third-order valence-corrected chi connectivity index (χ3v) is 2.97. The molecule has 0 fully saturated rings. The number of carbonyl (C=O) groups is 1.